The minimum Gasteiger partial charge on any atom is -0.497 e. The number of hydrogen-bond donors (Lipinski definition) is 0. The number of methoxy groups -OCH3 is 1. The van der Waals surface area contributed by atoms with Crippen molar-refractivity contribution in [2.75, 3.05) is 7.11 Å². The number of rotatable bonds is 6. The summed E-state index contributed by atoms with van der Waals surface area (Å²) in [6, 6.07) is 12.6. The highest BCUT2D eigenvalue weighted by Crippen LogP contribution is 2.39. The lowest BCUT2D eigenvalue weighted by Gasteiger charge is -2.12. The van der Waals surface area contributed by atoms with Crippen molar-refractivity contribution in [1.82, 2.24) is 10.2 Å². The first-order valence-corrected chi connectivity index (χ1v) is 11.5. The van der Waals surface area contributed by atoms with E-state index in [9.17, 15) is 35.1 Å². The van der Waals surface area contributed by atoms with E-state index < -0.39 is 80.8 Å². The Morgan fingerprint density at radius 2 is 0.927 bits per heavy atom. The largest absolute Gasteiger partial charge is 0.497 e. The summed E-state index contributed by atoms with van der Waals surface area (Å²) < 4.78 is 131. The van der Waals surface area contributed by atoms with Gasteiger partial charge in [0.05, 0.1) is 7.11 Å². The monoisotopic (exact) mass is 578 g/mol. The molecule has 0 spiro atoms. The lowest BCUT2D eigenvalue weighted by atomic mass is 10.1. The lowest BCUT2D eigenvalue weighted by Crippen LogP contribution is -2.04. The number of ether oxygens (including phenoxy) is 2. The van der Waals surface area contributed by atoms with E-state index in [1.54, 1.807) is 24.3 Å². The molecule has 0 fully saturated rings. The molecule has 0 radical (unpaired) electrons. The van der Waals surface area contributed by atoms with Gasteiger partial charge in [-0.1, -0.05) is 24.3 Å². The van der Waals surface area contributed by atoms with Crippen LogP contribution in [0.5, 0.6) is 17.2 Å². The fourth-order valence-corrected chi connectivity index (χ4v) is 3.86. The Hall–Kier alpha value is -4.94. The molecule has 0 bridgehead atoms. The maximum Gasteiger partial charge on any atom is 0.254 e. The van der Waals surface area contributed by atoms with Crippen LogP contribution in [0.2, 0.25) is 0 Å². The molecule has 5 rings (SSSR count). The van der Waals surface area contributed by atoms with E-state index in [-0.39, 0.29) is 5.75 Å². The van der Waals surface area contributed by atoms with Crippen LogP contribution in [0.1, 0.15) is 5.56 Å². The molecule has 1 aromatic heterocycles. The maximum absolute atomic E-state index is 14.9. The highest BCUT2D eigenvalue weighted by atomic mass is 19.2. The fourth-order valence-electron chi connectivity index (χ4n) is 3.86. The van der Waals surface area contributed by atoms with Crippen molar-refractivity contribution in [3.05, 3.63) is 101 Å². The van der Waals surface area contributed by atoms with Gasteiger partial charge in [0.15, 0.2) is 34.9 Å². The first-order chi connectivity index (χ1) is 19.5. The van der Waals surface area contributed by atoms with Crippen molar-refractivity contribution >= 4 is 0 Å². The van der Waals surface area contributed by atoms with E-state index in [1.807, 2.05) is 0 Å². The van der Waals surface area contributed by atoms with Crippen molar-refractivity contribution in [3.8, 4) is 51.3 Å². The van der Waals surface area contributed by atoms with Gasteiger partial charge in [-0.15, -0.1) is 10.2 Å². The molecule has 210 valence electrons. The van der Waals surface area contributed by atoms with E-state index >= 15 is 0 Å². The highest BCUT2D eigenvalue weighted by Gasteiger charge is 2.33. The van der Waals surface area contributed by atoms with Gasteiger partial charge in [-0.05, 0) is 42.3 Å². The summed E-state index contributed by atoms with van der Waals surface area (Å²) in [5.74, 6) is -19.1. The fraction of sp³-hybridized carbons (Fsp3) is 0.0714. The van der Waals surface area contributed by atoms with Gasteiger partial charge in [-0.2, -0.15) is 8.78 Å². The molecule has 0 aliphatic carbocycles. The normalized spacial score (nSPS) is 11.2. The van der Waals surface area contributed by atoms with Gasteiger partial charge in [-0.25, -0.2) is 26.3 Å². The van der Waals surface area contributed by atoms with Crippen LogP contribution in [-0.4, -0.2) is 17.3 Å². The topological polar surface area (TPSA) is 57.4 Å². The third-order valence-electron chi connectivity index (χ3n) is 6.06. The molecule has 0 unspecified atom stereocenters. The van der Waals surface area contributed by atoms with Crippen LogP contribution in [0.3, 0.4) is 0 Å². The SMILES string of the molecule is COc1ccc(-c2ccc(Oc3c(F)c(F)c(-c4nnc(-c5c(F)c(F)c(C)c(F)c5F)o4)c(F)c3F)cc2)cc1. The zero-order valence-electron chi connectivity index (χ0n) is 20.8. The smallest absolute Gasteiger partial charge is 0.254 e. The first kappa shape index (κ1) is 27.6. The summed E-state index contributed by atoms with van der Waals surface area (Å²) in [7, 11) is 1.51. The molecule has 0 saturated heterocycles. The number of nitrogens with zero attached hydrogens (tertiary/aromatic N) is 2. The van der Waals surface area contributed by atoms with Crippen molar-refractivity contribution in [3.63, 3.8) is 0 Å². The minimum atomic E-state index is -2.05. The Morgan fingerprint density at radius 3 is 1.34 bits per heavy atom. The Kier molecular flexibility index (Phi) is 7.11. The second kappa shape index (κ2) is 10.6. The van der Waals surface area contributed by atoms with Crippen molar-refractivity contribution in [2.45, 2.75) is 6.92 Å². The molecule has 1 heterocycles. The molecular weight excluding hydrogens is 564 g/mol. The van der Waals surface area contributed by atoms with Gasteiger partial charge in [0.1, 0.15) is 22.6 Å². The summed E-state index contributed by atoms with van der Waals surface area (Å²) >= 11 is 0. The van der Waals surface area contributed by atoms with E-state index in [0.29, 0.717) is 11.3 Å². The van der Waals surface area contributed by atoms with E-state index in [2.05, 4.69) is 10.2 Å². The quantitative estimate of drug-likeness (QED) is 0.150. The first-order valence-electron chi connectivity index (χ1n) is 11.5. The molecule has 4 aromatic carbocycles. The van der Waals surface area contributed by atoms with Crippen LogP contribution in [0.25, 0.3) is 34.0 Å². The van der Waals surface area contributed by atoms with Gasteiger partial charge >= 0.3 is 0 Å². The molecule has 13 heteroatoms. The van der Waals surface area contributed by atoms with Gasteiger partial charge in [-0.3, -0.25) is 0 Å². The lowest BCUT2D eigenvalue weighted by molar-refractivity contribution is 0.366. The van der Waals surface area contributed by atoms with E-state index in [0.717, 1.165) is 12.5 Å². The van der Waals surface area contributed by atoms with Crippen molar-refractivity contribution in [2.24, 2.45) is 0 Å². The van der Waals surface area contributed by atoms with Crippen LogP contribution in [0.4, 0.5) is 35.1 Å². The Morgan fingerprint density at radius 1 is 0.537 bits per heavy atom. The predicted molar refractivity (Wildman–Crippen MR) is 128 cm³/mol. The van der Waals surface area contributed by atoms with Crippen molar-refractivity contribution < 1.29 is 49.0 Å². The van der Waals surface area contributed by atoms with Crippen LogP contribution in [0, 0.1) is 53.5 Å². The molecule has 0 N–H and O–H groups in total. The number of aromatic nitrogens is 2. The Bertz CT molecular complexity index is 1730. The average molecular weight is 578 g/mol. The van der Waals surface area contributed by atoms with Crippen molar-refractivity contribution in [1.29, 1.82) is 0 Å². The third kappa shape index (κ3) is 4.72. The molecule has 5 aromatic rings. The molecular formula is C28H14F8N2O3. The minimum absolute atomic E-state index is 0.180. The summed E-state index contributed by atoms with van der Waals surface area (Å²) in [5, 5.41) is 6.26. The third-order valence-corrected chi connectivity index (χ3v) is 6.06. The molecule has 0 saturated carbocycles. The number of halogens is 8. The molecule has 41 heavy (non-hydrogen) atoms. The molecule has 0 aliphatic heterocycles. The molecule has 0 atom stereocenters. The zero-order valence-corrected chi connectivity index (χ0v) is 20.8. The highest BCUT2D eigenvalue weighted by molar-refractivity contribution is 5.65. The van der Waals surface area contributed by atoms with Crippen LogP contribution >= 0.6 is 0 Å². The Labute approximate surface area is 225 Å². The molecule has 5 nitrogen and oxygen atoms in total. The number of benzene rings is 4. The van der Waals surface area contributed by atoms with Crippen LogP contribution in [0.15, 0.2) is 52.9 Å². The second-order valence-electron chi connectivity index (χ2n) is 8.48. The maximum atomic E-state index is 14.9. The predicted octanol–water partition coefficient (Wildman–Crippen LogP) is 8.29. The summed E-state index contributed by atoms with van der Waals surface area (Å²) in [4.78, 5) is 0. The van der Waals surface area contributed by atoms with Gasteiger partial charge in [0, 0.05) is 5.56 Å². The van der Waals surface area contributed by atoms with Gasteiger partial charge in [0.2, 0.25) is 17.4 Å². The van der Waals surface area contributed by atoms with E-state index in [1.165, 1.54) is 31.4 Å². The number of hydrogen-bond acceptors (Lipinski definition) is 5. The Balaban J connectivity index is 1.48. The second-order valence-corrected chi connectivity index (χ2v) is 8.48. The van der Waals surface area contributed by atoms with Crippen LogP contribution < -0.4 is 9.47 Å². The van der Waals surface area contributed by atoms with Crippen LogP contribution in [-0.2, 0) is 0 Å². The summed E-state index contributed by atoms with van der Waals surface area (Å²) in [6.45, 7) is 0.759. The summed E-state index contributed by atoms with van der Waals surface area (Å²) in [5.41, 5.74) is -2.57. The van der Waals surface area contributed by atoms with Gasteiger partial charge in [0.25, 0.3) is 11.8 Å². The average Bonchev–Trinajstić information content (AvgIpc) is 3.46. The molecule has 0 amide bonds. The summed E-state index contributed by atoms with van der Waals surface area (Å²) in [6.07, 6.45) is 0. The van der Waals surface area contributed by atoms with E-state index in [4.69, 9.17) is 13.9 Å². The zero-order chi connectivity index (χ0) is 29.6. The molecule has 0 aliphatic rings. The standard InChI is InChI=1S/C28H14F8N2O3/c1-11-18(29)20(31)16(21(32)19(11)30)27-37-38-28(41-27)17-22(33)24(35)26(25(36)23(17)34)40-15-9-5-13(6-10-15)12-3-7-14(39-2)8-4-12/h3-10H,1-2H3. The van der Waals surface area contributed by atoms with Gasteiger partial charge < -0.3 is 13.9 Å².